The van der Waals surface area contributed by atoms with Crippen molar-refractivity contribution in [1.29, 1.82) is 0 Å². The van der Waals surface area contributed by atoms with Crippen LogP contribution in [0.5, 0.6) is 0 Å². The van der Waals surface area contributed by atoms with E-state index in [4.69, 9.17) is 9.47 Å². The van der Waals surface area contributed by atoms with Gasteiger partial charge in [-0.3, -0.25) is 9.59 Å². The maximum Gasteiger partial charge on any atom is 0.330 e. The van der Waals surface area contributed by atoms with Gasteiger partial charge in [0.05, 0.1) is 42.1 Å². The Morgan fingerprint density at radius 3 is 2.74 bits per heavy atom. The van der Waals surface area contributed by atoms with Crippen LogP contribution in [0.4, 0.5) is 5.69 Å². The van der Waals surface area contributed by atoms with E-state index in [0.717, 1.165) is 48.2 Å². The number of anilines is 1. The number of esters is 1. The second-order valence-electron chi connectivity index (χ2n) is 11.3. The average Bonchev–Trinajstić information content (AvgIpc) is 3.49. The van der Waals surface area contributed by atoms with Crippen molar-refractivity contribution in [3.8, 4) is 10.6 Å². The van der Waals surface area contributed by atoms with Crippen molar-refractivity contribution in [3.05, 3.63) is 39.5 Å². The topological polar surface area (TPSA) is 158 Å². The van der Waals surface area contributed by atoms with E-state index in [0.29, 0.717) is 25.1 Å². The maximum absolute atomic E-state index is 12.2. The SMILES string of the molecule is C/C(=C\C(=O)OCCCCCCCC(=O)Nc1c2sscc-2[nH]c1=O)CC1CC(O)C(O)(C/C=C/C(C)C(C)O)CO1. The summed E-state index contributed by atoms with van der Waals surface area (Å²) in [5.41, 5.74) is 0.224. The molecule has 1 saturated heterocycles. The summed E-state index contributed by atoms with van der Waals surface area (Å²) in [6.45, 7) is 5.69. The molecule has 0 aromatic heterocycles. The minimum absolute atomic E-state index is 0.0123. The zero-order valence-electron chi connectivity index (χ0n) is 24.6. The minimum atomic E-state index is -1.38. The van der Waals surface area contributed by atoms with Crippen LogP contribution in [-0.2, 0) is 19.1 Å². The molecule has 0 aromatic carbocycles. The van der Waals surface area contributed by atoms with Gasteiger partial charge in [-0.2, -0.15) is 0 Å². The Bertz CT molecular complexity index is 1230. The lowest BCUT2D eigenvalue weighted by Gasteiger charge is -2.40. The highest BCUT2D eigenvalue weighted by Gasteiger charge is 2.41. The first-order chi connectivity index (χ1) is 20.0. The monoisotopic (exact) mass is 624 g/mol. The van der Waals surface area contributed by atoms with Gasteiger partial charge in [-0.05, 0) is 45.4 Å². The molecule has 1 amide bonds. The summed E-state index contributed by atoms with van der Waals surface area (Å²) in [4.78, 5) is 39.9. The fourth-order valence-corrected chi connectivity index (χ4v) is 6.88. The van der Waals surface area contributed by atoms with Gasteiger partial charge in [0.15, 0.2) is 0 Å². The van der Waals surface area contributed by atoms with Crippen molar-refractivity contribution in [2.75, 3.05) is 18.5 Å². The van der Waals surface area contributed by atoms with Crippen molar-refractivity contribution in [2.24, 2.45) is 5.92 Å². The first kappa shape index (κ1) is 34.1. The third-order valence-corrected chi connectivity index (χ3v) is 9.66. The Kier molecular flexibility index (Phi) is 13.4. The number of carbonyl (C=O) groups excluding carboxylic acids is 2. The van der Waals surface area contributed by atoms with Gasteiger partial charge in [0.2, 0.25) is 5.91 Å². The molecule has 1 fully saturated rings. The lowest BCUT2D eigenvalue weighted by atomic mass is 9.85. The van der Waals surface area contributed by atoms with E-state index < -0.39 is 23.8 Å². The van der Waals surface area contributed by atoms with E-state index in [-0.39, 0.29) is 42.9 Å². The number of aliphatic hydroxyl groups is 3. The highest BCUT2D eigenvalue weighted by molar-refractivity contribution is 7.70. The van der Waals surface area contributed by atoms with Crippen LogP contribution in [0.25, 0.3) is 10.6 Å². The first-order valence-corrected chi connectivity index (χ1v) is 16.8. The van der Waals surface area contributed by atoms with Crippen LogP contribution in [0.2, 0.25) is 0 Å². The van der Waals surface area contributed by atoms with Crippen molar-refractivity contribution >= 4 is 38.2 Å². The molecule has 0 saturated carbocycles. The highest BCUT2D eigenvalue weighted by atomic mass is 32.9. The van der Waals surface area contributed by atoms with Gasteiger partial charge in [-0.25, -0.2) is 4.79 Å². The Morgan fingerprint density at radius 1 is 1.26 bits per heavy atom. The number of rotatable bonds is 16. The molecule has 5 atom stereocenters. The number of hydrogen-bond acceptors (Lipinski definition) is 10. The third kappa shape index (κ3) is 10.4. The summed E-state index contributed by atoms with van der Waals surface area (Å²) < 4.78 is 11.1. The molecule has 5 N–H and O–H groups in total. The number of H-pyrrole nitrogens is 1. The molecule has 10 nitrogen and oxygen atoms in total. The second kappa shape index (κ2) is 16.5. The molecule has 3 rings (SSSR count). The van der Waals surface area contributed by atoms with Crippen LogP contribution in [-0.4, -0.2) is 69.3 Å². The molecule has 0 radical (unpaired) electrons. The number of aromatic amines is 1. The second-order valence-corrected chi connectivity index (χ2v) is 13.4. The highest BCUT2D eigenvalue weighted by Crippen LogP contribution is 2.35. The fraction of sp³-hybridized carbons (Fsp3) is 0.633. The van der Waals surface area contributed by atoms with Crippen molar-refractivity contribution in [2.45, 2.75) is 102 Å². The van der Waals surface area contributed by atoms with E-state index in [1.54, 1.807) is 13.0 Å². The summed E-state index contributed by atoms with van der Waals surface area (Å²) in [6, 6.07) is 0. The largest absolute Gasteiger partial charge is 0.463 e. The molecule has 0 spiro atoms. The molecule has 42 heavy (non-hydrogen) atoms. The molecule has 0 aromatic rings. The summed E-state index contributed by atoms with van der Waals surface area (Å²) in [7, 11) is 2.97. The molecule has 0 bridgehead atoms. The van der Waals surface area contributed by atoms with Crippen molar-refractivity contribution in [3.63, 3.8) is 0 Å². The van der Waals surface area contributed by atoms with Gasteiger partial charge >= 0.3 is 5.97 Å². The van der Waals surface area contributed by atoms with Crippen LogP contribution >= 0.6 is 20.7 Å². The van der Waals surface area contributed by atoms with Gasteiger partial charge in [0.1, 0.15) is 11.3 Å². The van der Waals surface area contributed by atoms with Gasteiger partial charge in [-0.15, -0.1) is 0 Å². The zero-order chi connectivity index (χ0) is 30.7. The predicted molar refractivity (Wildman–Crippen MR) is 165 cm³/mol. The minimum Gasteiger partial charge on any atom is -0.463 e. The van der Waals surface area contributed by atoms with E-state index in [1.807, 2.05) is 25.3 Å². The van der Waals surface area contributed by atoms with Crippen LogP contribution in [0.15, 0.2) is 34.0 Å². The quantitative estimate of drug-likeness (QED) is 0.0596. The molecule has 3 aliphatic heterocycles. The maximum atomic E-state index is 12.2. The number of aromatic nitrogens is 1. The van der Waals surface area contributed by atoms with E-state index >= 15 is 0 Å². The molecule has 12 heteroatoms. The fourth-order valence-electron chi connectivity index (χ4n) is 4.72. The zero-order valence-corrected chi connectivity index (χ0v) is 26.2. The molecule has 0 aliphatic carbocycles. The van der Waals surface area contributed by atoms with Gasteiger partial charge in [0.25, 0.3) is 5.56 Å². The van der Waals surface area contributed by atoms with Crippen LogP contribution in [0, 0.1) is 5.92 Å². The Labute approximate surface area is 254 Å². The van der Waals surface area contributed by atoms with Gasteiger partial charge in [0, 0.05) is 24.3 Å². The van der Waals surface area contributed by atoms with Crippen molar-refractivity contribution in [1.82, 2.24) is 4.98 Å². The first-order valence-electron chi connectivity index (χ1n) is 14.6. The number of nitrogens with one attached hydrogen (secondary N) is 2. The van der Waals surface area contributed by atoms with E-state index in [9.17, 15) is 29.7 Å². The predicted octanol–water partition coefficient (Wildman–Crippen LogP) is 4.61. The van der Waals surface area contributed by atoms with Crippen LogP contribution < -0.4 is 10.9 Å². The van der Waals surface area contributed by atoms with Crippen molar-refractivity contribution < 1.29 is 34.4 Å². The van der Waals surface area contributed by atoms with Gasteiger partial charge in [-0.1, -0.05) is 64.6 Å². The summed E-state index contributed by atoms with van der Waals surface area (Å²) in [6.07, 6.45) is 8.65. The molecule has 5 unspecified atom stereocenters. The average molecular weight is 625 g/mol. The van der Waals surface area contributed by atoms with Crippen LogP contribution in [0.3, 0.4) is 0 Å². The van der Waals surface area contributed by atoms with E-state index in [1.165, 1.54) is 26.8 Å². The number of hydrogen-bond donors (Lipinski definition) is 5. The third-order valence-electron chi connectivity index (χ3n) is 7.56. The number of fused-ring (bicyclic) bond motifs is 1. The summed E-state index contributed by atoms with van der Waals surface area (Å²) >= 11 is 0. The molecule has 3 heterocycles. The number of amides is 1. The van der Waals surface area contributed by atoms with E-state index in [2.05, 4.69) is 10.3 Å². The Hall–Kier alpha value is -2.35. The van der Waals surface area contributed by atoms with Crippen LogP contribution in [0.1, 0.15) is 78.6 Å². The molecular weight excluding hydrogens is 580 g/mol. The lowest BCUT2D eigenvalue weighted by Crippen LogP contribution is -2.52. The molecule has 3 aliphatic rings. The lowest BCUT2D eigenvalue weighted by molar-refractivity contribution is -0.181. The summed E-state index contributed by atoms with van der Waals surface area (Å²) in [5.74, 6) is -0.635. The summed E-state index contributed by atoms with van der Waals surface area (Å²) in [5, 5.41) is 35.5. The number of unbranched alkanes of at least 4 members (excludes halogenated alkanes) is 4. The Morgan fingerprint density at radius 2 is 2.00 bits per heavy atom. The van der Waals surface area contributed by atoms with Gasteiger partial charge < -0.3 is 35.1 Å². The molecule has 234 valence electrons. The number of carbonyl (C=O) groups is 2. The molecular formula is C30H44N2O8S2. The smallest absolute Gasteiger partial charge is 0.330 e. The normalized spacial score (nSPS) is 22.9. The number of ether oxygens (including phenoxy) is 2. The number of aliphatic hydroxyl groups excluding tert-OH is 2. The standard InChI is InChI=1S/C30H44N2O8S2/c1-19(14-22-16-24(34)30(38,18-40-22)12-9-10-20(2)21(3)33)15-26(36)39-13-8-6-4-5-7-11-25(35)32-27-28-23(17-41-42-28)31-29(27)37/h9-10,15,17,20-22,24,33-34,38H,4-8,11-14,16,18H2,1-3H3,(H,31,37)(H,32,35)/b10-9+,19-15+. The Balaban J connectivity index is 1.24.